The topological polar surface area (TPSA) is 140 Å². The summed E-state index contributed by atoms with van der Waals surface area (Å²) in [5.74, 6) is -0.224. The molecule has 0 aliphatic heterocycles. The van der Waals surface area contributed by atoms with Crippen LogP contribution in [0, 0.1) is 0 Å². The van der Waals surface area contributed by atoms with Crippen molar-refractivity contribution in [3.05, 3.63) is 65.2 Å². The van der Waals surface area contributed by atoms with Gasteiger partial charge in [0, 0.05) is 23.1 Å². The minimum atomic E-state index is -3.78. The number of hydrogen-bond donors (Lipinski definition) is 3. The fourth-order valence-corrected chi connectivity index (χ4v) is 4.58. The summed E-state index contributed by atoms with van der Waals surface area (Å²) in [7, 11) is -2.28. The molecule has 0 fully saturated rings. The third-order valence-electron chi connectivity index (χ3n) is 4.20. The highest BCUT2D eigenvalue weighted by molar-refractivity contribution is 7.93. The number of anilines is 2. The summed E-state index contributed by atoms with van der Waals surface area (Å²) < 4.78 is 32.4. The third kappa shape index (κ3) is 6.03. The Labute approximate surface area is 183 Å². The summed E-state index contributed by atoms with van der Waals surface area (Å²) >= 11 is 1.14. The number of carbonyl (C=O) groups is 2. The monoisotopic (exact) mass is 460 g/mol. The minimum Gasteiger partial charge on any atom is -0.497 e. The Morgan fingerprint density at radius 2 is 1.77 bits per heavy atom. The van der Waals surface area contributed by atoms with Gasteiger partial charge in [0.15, 0.2) is 5.13 Å². The number of carbonyl (C=O) groups excluding carboxylic acids is 2. The van der Waals surface area contributed by atoms with Crippen LogP contribution in [-0.4, -0.2) is 32.3 Å². The summed E-state index contributed by atoms with van der Waals surface area (Å²) in [5.41, 5.74) is 6.67. The number of nitrogens with two attached hydrogens (primary N) is 1. The molecule has 31 heavy (non-hydrogen) atoms. The Balaban J connectivity index is 1.54. The quantitative estimate of drug-likeness (QED) is 0.448. The number of nitrogens with one attached hydrogen (secondary N) is 2. The normalized spacial score (nSPS) is 11.0. The highest BCUT2D eigenvalue weighted by Crippen LogP contribution is 2.22. The molecule has 0 saturated heterocycles. The Kier molecular flexibility index (Phi) is 6.88. The molecule has 2 amide bonds. The van der Waals surface area contributed by atoms with Crippen LogP contribution in [0.2, 0.25) is 0 Å². The van der Waals surface area contributed by atoms with Gasteiger partial charge in [0.1, 0.15) is 5.75 Å². The molecule has 9 nitrogen and oxygen atoms in total. The van der Waals surface area contributed by atoms with Gasteiger partial charge in [-0.15, -0.1) is 11.3 Å². The minimum absolute atomic E-state index is 0.0896. The van der Waals surface area contributed by atoms with Gasteiger partial charge in [0.25, 0.3) is 10.0 Å². The maximum absolute atomic E-state index is 12.5. The van der Waals surface area contributed by atoms with E-state index in [-0.39, 0.29) is 22.4 Å². The maximum Gasteiger partial charge on any atom is 0.263 e. The van der Waals surface area contributed by atoms with Crippen molar-refractivity contribution in [3.63, 3.8) is 0 Å². The molecule has 0 bridgehead atoms. The van der Waals surface area contributed by atoms with E-state index in [0.29, 0.717) is 29.1 Å². The Morgan fingerprint density at radius 1 is 1.10 bits per heavy atom. The van der Waals surface area contributed by atoms with Crippen LogP contribution in [0.5, 0.6) is 5.75 Å². The molecular formula is C20H20N4O5S2. The first-order valence-corrected chi connectivity index (χ1v) is 11.4. The van der Waals surface area contributed by atoms with Crippen molar-refractivity contribution in [3.8, 4) is 5.75 Å². The molecule has 162 valence electrons. The van der Waals surface area contributed by atoms with Gasteiger partial charge in [-0.3, -0.25) is 14.3 Å². The van der Waals surface area contributed by atoms with Crippen LogP contribution in [-0.2, 0) is 21.2 Å². The van der Waals surface area contributed by atoms with Crippen LogP contribution >= 0.6 is 11.3 Å². The third-order valence-corrected chi connectivity index (χ3v) is 6.50. The van der Waals surface area contributed by atoms with E-state index in [9.17, 15) is 18.0 Å². The van der Waals surface area contributed by atoms with Crippen LogP contribution in [0.25, 0.3) is 0 Å². The predicted octanol–water partition coefficient (Wildman–Crippen LogP) is 2.62. The fraction of sp³-hybridized carbons (Fsp3) is 0.150. The molecule has 0 aliphatic carbocycles. The average molecular weight is 461 g/mol. The van der Waals surface area contributed by atoms with E-state index in [1.807, 2.05) is 0 Å². The molecule has 11 heteroatoms. The van der Waals surface area contributed by atoms with Crippen molar-refractivity contribution in [2.45, 2.75) is 17.7 Å². The van der Waals surface area contributed by atoms with Crippen molar-refractivity contribution < 1.29 is 22.7 Å². The smallest absolute Gasteiger partial charge is 0.263 e. The van der Waals surface area contributed by atoms with Crippen LogP contribution in [0.1, 0.15) is 22.5 Å². The van der Waals surface area contributed by atoms with Gasteiger partial charge in [-0.05, 0) is 55.0 Å². The SMILES string of the molecule is COc1ccc(S(=O)(=O)Nc2nc(CCC(=O)Nc3ccc(C(N)=O)cc3)cs2)cc1. The summed E-state index contributed by atoms with van der Waals surface area (Å²) in [6, 6.07) is 12.2. The largest absolute Gasteiger partial charge is 0.497 e. The highest BCUT2D eigenvalue weighted by Gasteiger charge is 2.16. The molecular weight excluding hydrogens is 440 g/mol. The van der Waals surface area contributed by atoms with Crippen molar-refractivity contribution >= 4 is 44.0 Å². The van der Waals surface area contributed by atoms with Gasteiger partial charge in [0.05, 0.1) is 17.7 Å². The number of sulfonamides is 1. The van der Waals surface area contributed by atoms with Crippen molar-refractivity contribution in [2.24, 2.45) is 5.73 Å². The molecule has 0 saturated carbocycles. The van der Waals surface area contributed by atoms with E-state index in [1.165, 1.54) is 31.4 Å². The highest BCUT2D eigenvalue weighted by atomic mass is 32.2. The first-order chi connectivity index (χ1) is 14.8. The number of primary amides is 1. The number of nitrogens with zero attached hydrogens (tertiary/aromatic N) is 1. The lowest BCUT2D eigenvalue weighted by Gasteiger charge is -2.06. The number of rotatable bonds is 9. The van der Waals surface area contributed by atoms with Crippen LogP contribution in [0.4, 0.5) is 10.8 Å². The summed E-state index contributed by atoms with van der Waals surface area (Å²) in [6.07, 6.45) is 0.498. The zero-order valence-electron chi connectivity index (χ0n) is 16.5. The molecule has 3 aromatic rings. The van der Waals surface area contributed by atoms with E-state index < -0.39 is 15.9 Å². The van der Waals surface area contributed by atoms with E-state index >= 15 is 0 Å². The molecule has 1 aromatic heterocycles. The maximum atomic E-state index is 12.5. The van der Waals surface area contributed by atoms with Gasteiger partial charge < -0.3 is 15.8 Å². The lowest BCUT2D eigenvalue weighted by Crippen LogP contribution is -2.14. The van der Waals surface area contributed by atoms with Gasteiger partial charge in [-0.1, -0.05) is 0 Å². The van der Waals surface area contributed by atoms with E-state index in [0.717, 1.165) is 11.3 Å². The zero-order valence-corrected chi connectivity index (χ0v) is 18.1. The number of thiazole rings is 1. The van der Waals surface area contributed by atoms with Crippen molar-refractivity contribution in [1.29, 1.82) is 0 Å². The van der Waals surface area contributed by atoms with Gasteiger partial charge in [-0.25, -0.2) is 13.4 Å². The summed E-state index contributed by atoms with van der Waals surface area (Å²) in [4.78, 5) is 27.5. The average Bonchev–Trinajstić information content (AvgIpc) is 3.19. The van der Waals surface area contributed by atoms with Crippen molar-refractivity contribution in [1.82, 2.24) is 4.98 Å². The van der Waals surface area contributed by atoms with Crippen molar-refractivity contribution in [2.75, 3.05) is 17.1 Å². The van der Waals surface area contributed by atoms with Gasteiger partial charge in [0.2, 0.25) is 11.8 Å². The number of aryl methyl sites for hydroxylation is 1. The Hall–Kier alpha value is -3.44. The Bertz CT molecular complexity index is 1170. The van der Waals surface area contributed by atoms with Gasteiger partial charge in [-0.2, -0.15) is 0 Å². The number of methoxy groups -OCH3 is 1. The van der Waals surface area contributed by atoms with E-state index in [1.54, 1.807) is 29.6 Å². The number of aromatic nitrogens is 1. The van der Waals surface area contributed by atoms with Crippen LogP contribution in [0.15, 0.2) is 58.8 Å². The molecule has 3 rings (SSSR count). The molecule has 0 radical (unpaired) electrons. The van der Waals surface area contributed by atoms with E-state index in [2.05, 4.69) is 15.0 Å². The zero-order chi connectivity index (χ0) is 22.4. The standard InChI is InChI=1S/C20H20N4O5S2/c1-29-16-7-9-17(10-8-16)31(27,28)24-20-23-15(12-30-20)6-11-18(25)22-14-4-2-13(3-5-14)19(21)26/h2-5,7-10,12H,6,11H2,1H3,(H2,21,26)(H,22,25)(H,23,24). The summed E-state index contributed by atoms with van der Waals surface area (Å²) in [5, 5.41) is 4.63. The van der Waals surface area contributed by atoms with Crippen LogP contribution in [0.3, 0.4) is 0 Å². The molecule has 1 heterocycles. The molecule has 0 atom stereocenters. The predicted molar refractivity (Wildman–Crippen MR) is 118 cm³/mol. The fourth-order valence-electron chi connectivity index (χ4n) is 2.58. The number of ether oxygens (including phenoxy) is 1. The van der Waals surface area contributed by atoms with Crippen LogP contribution < -0.4 is 20.5 Å². The van der Waals surface area contributed by atoms with Gasteiger partial charge >= 0.3 is 0 Å². The lowest BCUT2D eigenvalue weighted by molar-refractivity contribution is -0.116. The Morgan fingerprint density at radius 3 is 2.39 bits per heavy atom. The first kappa shape index (κ1) is 22.2. The molecule has 2 aromatic carbocycles. The molecule has 0 spiro atoms. The molecule has 4 N–H and O–H groups in total. The first-order valence-electron chi connectivity index (χ1n) is 9.08. The number of amides is 2. The summed E-state index contributed by atoms with van der Waals surface area (Å²) in [6.45, 7) is 0. The molecule has 0 unspecified atom stereocenters. The number of hydrogen-bond acceptors (Lipinski definition) is 7. The second kappa shape index (κ2) is 9.58. The van der Waals surface area contributed by atoms with E-state index in [4.69, 9.17) is 10.5 Å². The lowest BCUT2D eigenvalue weighted by atomic mass is 10.2. The number of benzene rings is 2. The second-order valence-electron chi connectivity index (χ2n) is 6.41. The molecule has 0 aliphatic rings. The second-order valence-corrected chi connectivity index (χ2v) is 8.96.